The van der Waals surface area contributed by atoms with Crippen molar-refractivity contribution in [3.63, 3.8) is 0 Å². The van der Waals surface area contributed by atoms with Crippen LogP contribution in [0.25, 0.3) is 0 Å². The molecule has 21 heavy (non-hydrogen) atoms. The lowest BCUT2D eigenvalue weighted by Gasteiger charge is -2.08. The molecule has 0 amide bonds. The highest BCUT2D eigenvalue weighted by Gasteiger charge is 2.14. The summed E-state index contributed by atoms with van der Waals surface area (Å²) in [5.41, 5.74) is 0.581. The monoisotopic (exact) mass is 326 g/mol. The van der Waals surface area contributed by atoms with Gasteiger partial charge in [0.1, 0.15) is 0 Å². The Morgan fingerprint density at radius 3 is 2.62 bits per heavy atom. The maximum atomic E-state index is 12.1. The average Bonchev–Trinajstić information content (AvgIpc) is 2.40. The number of hydrogen-bond donors (Lipinski definition) is 2. The summed E-state index contributed by atoms with van der Waals surface area (Å²) in [6.45, 7) is 0. The summed E-state index contributed by atoms with van der Waals surface area (Å²) >= 11 is 5.76. The minimum atomic E-state index is -3.76. The quantitative estimate of drug-likeness (QED) is 0.877. The number of aliphatic carboxylic acids is 1. The molecule has 110 valence electrons. The number of benzene rings is 1. The van der Waals surface area contributed by atoms with Gasteiger partial charge in [-0.3, -0.25) is 14.5 Å². The van der Waals surface area contributed by atoms with Gasteiger partial charge >= 0.3 is 5.97 Å². The van der Waals surface area contributed by atoms with E-state index in [2.05, 4.69) is 9.71 Å². The number of anilines is 1. The molecule has 0 saturated carbocycles. The summed E-state index contributed by atoms with van der Waals surface area (Å²) in [7, 11) is -3.76. The highest BCUT2D eigenvalue weighted by atomic mass is 35.5. The number of carboxylic acids is 1. The number of aromatic nitrogens is 1. The molecule has 0 radical (unpaired) electrons. The van der Waals surface area contributed by atoms with Crippen LogP contribution in [0.4, 0.5) is 5.69 Å². The Morgan fingerprint density at radius 2 is 2.05 bits per heavy atom. The maximum absolute atomic E-state index is 12.1. The molecule has 6 nitrogen and oxygen atoms in total. The molecule has 0 unspecified atom stereocenters. The van der Waals surface area contributed by atoms with E-state index in [-0.39, 0.29) is 17.0 Å². The van der Waals surface area contributed by atoms with Gasteiger partial charge in [-0.05, 0) is 30.3 Å². The summed E-state index contributed by atoms with van der Waals surface area (Å²) in [5.74, 6) is -1.00. The molecule has 1 aromatic heterocycles. The second kappa shape index (κ2) is 6.11. The number of nitrogens with zero attached hydrogens (tertiary/aromatic N) is 1. The SMILES string of the molecule is O=C(O)Cc1ccc(NS(=O)(=O)c2cccc(Cl)c2)cn1. The summed E-state index contributed by atoms with van der Waals surface area (Å²) < 4.78 is 26.6. The van der Waals surface area contributed by atoms with Crippen LogP contribution < -0.4 is 4.72 Å². The van der Waals surface area contributed by atoms with Crippen LogP contribution in [0.1, 0.15) is 5.69 Å². The molecule has 0 bridgehead atoms. The van der Waals surface area contributed by atoms with Gasteiger partial charge in [-0.25, -0.2) is 8.42 Å². The predicted octanol–water partition coefficient (Wildman–Crippen LogP) is 2.16. The van der Waals surface area contributed by atoms with Crippen LogP contribution in [-0.2, 0) is 21.2 Å². The largest absolute Gasteiger partial charge is 0.481 e. The zero-order chi connectivity index (χ0) is 15.5. The minimum Gasteiger partial charge on any atom is -0.481 e. The molecule has 0 spiro atoms. The second-order valence-electron chi connectivity index (χ2n) is 4.17. The molecule has 0 atom stereocenters. The third-order valence-electron chi connectivity index (χ3n) is 2.52. The van der Waals surface area contributed by atoms with E-state index in [1.54, 1.807) is 6.07 Å². The molecule has 1 heterocycles. The van der Waals surface area contributed by atoms with Gasteiger partial charge in [0.25, 0.3) is 10.0 Å². The zero-order valence-corrected chi connectivity index (χ0v) is 12.2. The second-order valence-corrected chi connectivity index (χ2v) is 6.29. The van der Waals surface area contributed by atoms with Crippen molar-refractivity contribution in [3.05, 3.63) is 53.3 Å². The lowest BCUT2D eigenvalue weighted by molar-refractivity contribution is -0.136. The first-order chi connectivity index (χ1) is 9.87. The number of pyridine rings is 1. The van der Waals surface area contributed by atoms with Crippen LogP contribution in [0.5, 0.6) is 0 Å². The number of carboxylic acid groups (broad SMARTS) is 1. The first-order valence-corrected chi connectivity index (χ1v) is 7.68. The topological polar surface area (TPSA) is 96.4 Å². The van der Waals surface area contributed by atoms with Crippen LogP contribution in [0.3, 0.4) is 0 Å². The average molecular weight is 327 g/mol. The highest BCUT2D eigenvalue weighted by molar-refractivity contribution is 7.92. The van der Waals surface area contributed by atoms with E-state index in [1.807, 2.05) is 0 Å². The number of rotatable bonds is 5. The molecule has 0 aliphatic rings. The van der Waals surface area contributed by atoms with Gasteiger partial charge in [0, 0.05) is 5.02 Å². The Labute approximate surface area is 126 Å². The molecule has 0 saturated heterocycles. The summed E-state index contributed by atoms with van der Waals surface area (Å²) in [5, 5.41) is 8.95. The van der Waals surface area contributed by atoms with Gasteiger partial charge in [0.15, 0.2) is 0 Å². The van der Waals surface area contributed by atoms with Crippen molar-refractivity contribution < 1.29 is 18.3 Å². The van der Waals surface area contributed by atoms with Gasteiger partial charge in [0.05, 0.1) is 28.9 Å². The van der Waals surface area contributed by atoms with Crippen molar-refractivity contribution in [1.82, 2.24) is 4.98 Å². The molecule has 2 rings (SSSR count). The van der Waals surface area contributed by atoms with Crippen LogP contribution in [-0.4, -0.2) is 24.5 Å². The van der Waals surface area contributed by atoms with Crippen molar-refractivity contribution >= 4 is 33.3 Å². The zero-order valence-electron chi connectivity index (χ0n) is 10.7. The molecular formula is C13H11ClN2O4S. The van der Waals surface area contributed by atoms with Crippen LogP contribution >= 0.6 is 11.6 Å². The van der Waals surface area contributed by atoms with Crippen molar-refractivity contribution in [2.45, 2.75) is 11.3 Å². The number of carbonyl (C=O) groups is 1. The third kappa shape index (κ3) is 4.17. The summed E-state index contributed by atoms with van der Waals surface area (Å²) in [6, 6.07) is 8.75. The standard InChI is InChI=1S/C13H11ClN2O4S/c14-9-2-1-3-12(6-9)21(19,20)16-11-5-4-10(15-8-11)7-13(17)18/h1-6,8,16H,7H2,(H,17,18). The third-order valence-corrected chi connectivity index (χ3v) is 4.13. The number of sulfonamides is 1. The van der Waals surface area contributed by atoms with Gasteiger partial charge < -0.3 is 5.11 Å². The fraction of sp³-hybridized carbons (Fsp3) is 0.0769. The van der Waals surface area contributed by atoms with Gasteiger partial charge in [0.2, 0.25) is 0 Å². The number of nitrogens with one attached hydrogen (secondary N) is 1. The summed E-state index contributed by atoms with van der Waals surface area (Å²) in [4.78, 5) is 14.4. The van der Waals surface area contributed by atoms with E-state index in [1.165, 1.54) is 36.5 Å². The molecule has 8 heteroatoms. The molecule has 0 aliphatic heterocycles. The molecular weight excluding hydrogens is 316 g/mol. The molecule has 0 fully saturated rings. The molecule has 1 aromatic carbocycles. The van der Waals surface area contributed by atoms with Gasteiger partial charge in [-0.1, -0.05) is 17.7 Å². The fourth-order valence-corrected chi connectivity index (χ4v) is 2.94. The molecule has 2 aromatic rings. The molecule has 0 aliphatic carbocycles. The van der Waals surface area contributed by atoms with Crippen LogP contribution in [0.15, 0.2) is 47.5 Å². The van der Waals surface area contributed by atoms with Crippen molar-refractivity contribution in [2.75, 3.05) is 4.72 Å². The van der Waals surface area contributed by atoms with Crippen molar-refractivity contribution in [3.8, 4) is 0 Å². The minimum absolute atomic E-state index is 0.0320. The highest BCUT2D eigenvalue weighted by Crippen LogP contribution is 2.19. The number of halogens is 1. The summed E-state index contributed by atoms with van der Waals surface area (Å²) in [6.07, 6.45) is 1.04. The Hall–Kier alpha value is -2.12. The van der Waals surface area contributed by atoms with Crippen LogP contribution in [0, 0.1) is 0 Å². The fourth-order valence-electron chi connectivity index (χ4n) is 1.59. The Morgan fingerprint density at radius 1 is 1.29 bits per heavy atom. The van der Waals surface area contributed by atoms with E-state index >= 15 is 0 Å². The smallest absolute Gasteiger partial charge is 0.309 e. The Bertz CT molecular complexity index is 760. The number of hydrogen-bond acceptors (Lipinski definition) is 4. The van der Waals surface area contributed by atoms with Crippen LogP contribution in [0.2, 0.25) is 5.02 Å². The normalized spacial score (nSPS) is 11.1. The van der Waals surface area contributed by atoms with E-state index < -0.39 is 16.0 Å². The van der Waals surface area contributed by atoms with Crippen molar-refractivity contribution in [2.24, 2.45) is 0 Å². The maximum Gasteiger partial charge on any atom is 0.309 e. The lowest BCUT2D eigenvalue weighted by Crippen LogP contribution is -2.13. The Balaban J connectivity index is 2.19. The first-order valence-electron chi connectivity index (χ1n) is 5.82. The van der Waals surface area contributed by atoms with E-state index in [4.69, 9.17) is 16.7 Å². The van der Waals surface area contributed by atoms with Gasteiger partial charge in [-0.15, -0.1) is 0 Å². The van der Waals surface area contributed by atoms with E-state index in [0.29, 0.717) is 10.7 Å². The predicted molar refractivity (Wildman–Crippen MR) is 77.8 cm³/mol. The van der Waals surface area contributed by atoms with Gasteiger partial charge in [-0.2, -0.15) is 0 Å². The molecule has 2 N–H and O–H groups in total. The lowest BCUT2D eigenvalue weighted by atomic mass is 10.3. The Kier molecular flexibility index (Phi) is 4.44. The van der Waals surface area contributed by atoms with Crippen molar-refractivity contribution in [1.29, 1.82) is 0 Å². The van der Waals surface area contributed by atoms with E-state index in [0.717, 1.165) is 0 Å². The first kappa shape index (κ1) is 15.3. The van der Waals surface area contributed by atoms with E-state index in [9.17, 15) is 13.2 Å².